The molecule has 0 spiro atoms. The lowest BCUT2D eigenvalue weighted by Gasteiger charge is -2.18. The predicted octanol–water partition coefficient (Wildman–Crippen LogP) is 0.688. The highest BCUT2D eigenvalue weighted by molar-refractivity contribution is 5.93. The minimum absolute atomic E-state index is 0.154. The number of aromatic nitrogens is 8. The van der Waals surface area contributed by atoms with E-state index in [2.05, 4.69) is 25.4 Å². The summed E-state index contributed by atoms with van der Waals surface area (Å²) in [5, 5.41) is 21.8. The molecule has 3 heterocycles. The van der Waals surface area contributed by atoms with Crippen LogP contribution in [0.3, 0.4) is 0 Å². The molecule has 11 heteroatoms. The van der Waals surface area contributed by atoms with Crippen LogP contribution in [0.5, 0.6) is 0 Å². The molecule has 0 aliphatic carbocycles. The van der Waals surface area contributed by atoms with Gasteiger partial charge in [0.05, 0.1) is 59.7 Å². The van der Waals surface area contributed by atoms with E-state index in [1.165, 1.54) is 28.3 Å². The van der Waals surface area contributed by atoms with Crippen LogP contribution in [0.15, 0.2) is 40.7 Å². The lowest BCUT2D eigenvalue weighted by atomic mass is 10.1. The van der Waals surface area contributed by atoms with Gasteiger partial charge in [-0.3, -0.25) is 18.7 Å². The summed E-state index contributed by atoms with van der Waals surface area (Å²) in [6.45, 7) is 4.09. The van der Waals surface area contributed by atoms with Gasteiger partial charge >= 0.3 is 0 Å². The van der Waals surface area contributed by atoms with Gasteiger partial charge in [-0.2, -0.15) is 4.80 Å². The summed E-state index contributed by atoms with van der Waals surface area (Å²) in [7, 11) is 0. The van der Waals surface area contributed by atoms with E-state index in [-0.39, 0.29) is 29.8 Å². The first-order chi connectivity index (χ1) is 14.6. The summed E-state index contributed by atoms with van der Waals surface area (Å²) in [4.78, 5) is 36.3. The van der Waals surface area contributed by atoms with E-state index >= 15 is 0 Å². The van der Waals surface area contributed by atoms with Gasteiger partial charge in [-0.1, -0.05) is 13.8 Å². The van der Waals surface area contributed by atoms with Gasteiger partial charge in [0.2, 0.25) is 0 Å². The zero-order valence-corrected chi connectivity index (χ0v) is 16.7. The number of aliphatic hydroxyl groups is 1. The Morgan fingerprint density at radius 1 is 0.933 bits per heavy atom. The second-order valence-electron chi connectivity index (χ2n) is 7.10. The summed E-state index contributed by atoms with van der Waals surface area (Å²) in [5.41, 5.74) is 0.351. The van der Waals surface area contributed by atoms with Crippen molar-refractivity contribution in [2.75, 3.05) is 6.61 Å². The summed E-state index contributed by atoms with van der Waals surface area (Å²) in [6.07, 6.45) is 5.52. The topological polar surface area (TPSA) is 134 Å². The minimum Gasteiger partial charge on any atom is -0.394 e. The third-order valence-corrected chi connectivity index (χ3v) is 5.39. The number of rotatable bonds is 7. The fourth-order valence-corrected chi connectivity index (χ4v) is 3.57. The van der Waals surface area contributed by atoms with Crippen molar-refractivity contribution in [3.05, 3.63) is 51.8 Å². The molecular formula is C19H22N8O3. The Kier molecular flexibility index (Phi) is 5.36. The number of tetrazole rings is 1. The Morgan fingerprint density at radius 2 is 1.50 bits per heavy atom. The number of hydrogen-bond acceptors (Lipinski definition) is 8. The molecule has 0 bridgehead atoms. The van der Waals surface area contributed by atoms with Crippen molar-refractivity contribution in [1.29, 1.82) is 0 Å². The number of nitrogens with zero attached hydrogens (tertiary/aromatic N) is 8. The Balaban J connectivity index is 1.84. The highest BCUT2D eigenvalue weighted by Gasteiger charge is 2.17. The summed E-state index contributed by atoms with van der Waals surface area (Å²) < 4.78 is 2.98. The van der Waals surface area contributed by atoms with Crippen molar-refractivity contribution in [2.24, 2.45) is 0 Å². The molecule has 3 aromatic heterocycles. The van der Waals surface area contributed by atoms with E-state index in [0.717, 1.165) is 0 Å². The lowest BCUT2D eigenvalue weighted by Crippen LogP contribution is -2.29. The standard InChI is InChI=1S/C19H22N8O3/c1-3-12(7-27-23-9-22-24-27)25-10-20-16-6-15-17(5-14(16)18(25)29)21-11-26(19(15)30)13(4-2)8-28/h5-6,9-13,28H,3-4,7-8H2,1-2H3/t12-,13-/m1/s1. The van der Waals surface area contributed by atoms with Gasteiger partial charge in [0.25, 0.3) is 11.1 Å². The maximum atomic E-state index is 13.2. The van der Waals surface area contributed by atoms with Crippen LogP contribution in [0.25, 0.3) is 21.8 Å². The van der Waals surface area contributed by atoms with Crippen LogP contribution in [0, 0.1) is 0 Å². The van der Waals surface area contributed by atoms with Gasteiger partial charge in [0.1, 0.15) is 0 Å². The summed E-state index contributed by atoms with van der Waals surface area (Å²) in [6, 6.07) is 2.64. The minimum atomic E-state index is -0.346. The first kappa shape index (κ1) is 19.8. The number of aliphatic hydroxyl groups excluding tert-OH is 1. The molecule has 11 nitrogen and oxygen atoms in total. The third-order valence-electron chi connectivity index (χ3n) is 5.39. The van der Waals surface area contributed by atoms with Crippen LogP contribution in [-0.4, -0.2) is 51.0 Å². The SMILES string of the molecule is CC[C@H](CO)n1cnc2cc3c(=O)n([C@H](CC)Cn4ncnn4)cnc3cc2c1=O. The second kappa shape index (κ2) is 8.11. The van der Waals surface area contributed by atoms with Crippen molar-refractivity contribution >= 4 is 21.8 Å². The summed E-state index contributed by atoms with van der Waals surface area (Å²) >= 11 is 0. The van der Waals surface area contributed by atoms with Crippen molar-refractivity contribution < 1.29 is 5.11 Å². The fraction of sp³-hybridized carbons (Fsp3) is 0.421. The van der Waals surface area contributed by atoms with Gasteiger partial charge < -0.3 is 5.11 Å². The average Bonchev–Trinajstić information content (AvgIpc) is 3.27. The van der Waals surface area contributed by atoms with Crippen LogP contribution in [-0.2, 0) is 6.54 Å². The van der Waals surface area contributed by atoms with Crippen molar-refractivity contribution in [3.63, 3.8) is 0 Å². The van der Waals surface area contributed by atoms with Gasteiger partial charge in [-0.15, -0.1) is 10.2 Å². The molecule has 1 N–H and O–H groups in total. The molecule has 156 valence electrons. The fourth-order valence-electron chi connectivity index (χ4n) is 3.57. The molecule has 0 radical (unpaired) electrons. The number of hydrogen-bond donors (Lipinski definition) is 1. The molecule has 0 saturated carbocycles. The van der Waals surface area contributed by atoms with E-state index in [1.807, 2.05) is 13.8 Å². The zero-order valence-electron chi connectivity index (χ0n) is 16.7. The van der Waals surface area contributed by atoms with E-state index in [1.54, 1.807) is 16.7 Å². The highest BCUT2D eigenvalue weighted by atomic mass is 16.3. The number of benzene rings is 1. The van der Waals surface area contributed by atoms with Gasteiger partial charge in [-0.25, -0.2) is 9.97 Å². The zero-order chi connectivity index (χ0) is 21.3. The summed E-state index contributed by atoms with van der Waals surface area (Å²) in [5.74, 6) is 0. The largest absolute Gasteiger partial charge is 0.394 e. The maximum absolute atomic E-state index is 13.2. The molecular weight excluding hydrogens is 388 g/mol. The van der Waals surface area contributed by atoms with E-state index in [9.17, 15) is 14.7 Å². The molecule has 0 aliphatic heterocycles. The van der Waals surface area contributed by atoms with Crippen molar-refractivity contribution in [2.45, 2.75) is 45.3 Å². The predicted molar refractivity (Wildman–Crippen MR) is 109 cm³/mol. The van der Waals surface area contributed by atoms with Crippen LogP contribution in [0.2, 0.25) is 0 Å². The molecule has 4 aromatic rings. The normalized spacial score (nSPS) is 13.7. The molecule has 4 rings (SSSR count). The molecule has 0 unspecified atom stereocenters. The molecule has 0 amide bonds. The lowest BCUT2D eigenvalue weighted by molar-refractivity contribution is 0.221. The van der Waals surface area contributed by atoms with Crippen molar-refractivity contribution in [3.8, 4) is 0 Å². The van der Waals surface area contributed by atoms with E-state index in [4.69, 9.17) is 0 Å². The van der Waals surface area contributed by atoms with Crippen LogP contribution >= 0.6 is 0 Å². The van der Waals surface area contributed by atoms with Gasteiger partial charge in [-0.05, 0) is 30.2 Å². The molecule has 30 heavy (non-hydrogen) atoms. The Hall–Kier alpha value is -3.47. The smallest absolute Gasteiger partial charge is 0.261 e. The highest BCUT2D eigenvalue weighted by Crippen LogP contribution is 2.18. The van der Waals surface area contributed by atoms with E-state index in [0.29, 0.717) is 41.2 Å². The van der Waals surface area contributed by atoms with E-state index < -0.39 is 0 Å². The first-order valence-electron chi connectivity index (χ1n) is 9.80. The Bertz CT molecular complexity index is 1290. The number of fused-ring (bicyclic) bond motifs is 2. The van der Waals surface area contributed by atoms with Gasteiger partial charge in [0, 0.05) is 0 Å². The first-order valence-corrected chi connectivity index (χ1v) is 9.80. The van der Waals surface area contributed by atoms with Crippen LogP contribution in [0.1, 0.15) is 38.8 Å². The van der Waals surface area contributed by atoms with Crippen LogP contribution < -0.4 is 11.1 Å². The maximum Gasteiger partial charge on any atom is 0.261 e. The monoisotopic (exact) mass is 410 g/mol. The third kappa shape index (κ3) is 3.36. The average molecular weight is 410 g/mol. The second-order valence-corrected chi connectivity index (χ2v) is 7.10. The Labute approximate surface area is 170 Å². The quantitative estimate of drug-likeness (QED) is 0.440. The molecule has 0 fully saturated rings. The van der Waals surface area contributed by atoms with Gasteiger partial charge in [0.15, 0.2) is 6.33 Å². The Morgan fingerprint density at radius 3 is 1.97 bits per heavy atom. The molecule has 2 atom stereocenters. The van der Waals surface area contributed by atoms with Crippen molar-refractivity contribution in [1.82, 2.24) is 39.3 Å². The molecule has 0 saturated heterocycles. The van der Waals surface area contributed by atoms with Crippen LogP contribution in [0.4, 0.5) is 0 Å². The molecule has 0 aliphatic rings. The molecule has 1 aromatic carbocycles.